The number of ketones is 1. The van der Waals surface area contributed by atoms with Gasteiger partial charge in [0, 0.05) is 17.0 Å². The number of carbonyl (C=O) groups is 2. The summed E-state index contributed by atoms with van der Waals surface area (Å²) in [5, 5.41) is 0. The van der Waals surface area contributed by atoms with Crippen molar-refractivity contribution in [2.24, 2.45) is 0 Å². The monoisotopic (exact) mass is 452 g/mol. The van der Waals surface area contributed by atoms with Crippen LogP contribution < -0.4 is 18.9 Å². The van der Waals surface area contributed by atoms with Crippen molar-refractivity contribution in [3.63, 3.8) is 0 Å². The van der Waals surface area contributed by atoms with Crippen molar-refractivity contribution < 1.29 is 28.5 Å². The summed E-state index contributed by atoms with van der Waals surface area (Å²) < 4.78 is 22.8. The van der Waals surface area contributed by atoms with Crippen LogP contribution >= 0.6 is 0 Å². The lowest BCUT2D eigenvalue weighted by Gasteiger charge is -2.29. The summed E-state index contributed by atoms with van der Waals surface area (Å²) >= 11 is 0. The van der Waals surface area contributed by atoms with Gasteiger partial charge in [0.05, 0.1) is 19.1 Å². The average Bonchev–Trinajstić information content (AvgIpc) is 3.18. The summed E-state index contributed by atoms with van der Waals surface area (Å²) in [6.07, 6.45) is 3.91. The van der Waals surface area contributed by atoms with E-state index in [0.717, 1.165) is 28.2 Å². The van der Waals surface area contributed by atoms with Gasteiger partial charge in [0.2, 0.25) is 5.78 Å². The molecule has 0 aromatic heterocycles. The molecule has 0 saturated heterocycles. The van der Waals surface area contributed by atoms with Gasteiger partial charge in [-0.05, 0) is 53.6 Å². The van der Waals surface area contributed by atoms with Gasteiger partial charge >= 0.3 is 5.97 Å². The number of allylic oxidation sites excluding steroid dienone is 1. The molecule has 0 aliphatic carbocycles. The Morgan fingerprint density at radius 1 is 0.941 bits per heavy atom. The molecule has 0 radical (unpaired) electrons. The Bertz CT molecular complexity index is 1400. The Kier molecular flexibility index (Phi) is 4.73. The molecule has 6 rings (SSSR count). The first-order chi connectivity index (χ1) is 16.6. The quantitative estimate of drug-likeness (QED) is 0.310. The van der Waals surface area contributed by atoms with Crippen molar-refractivity contribution in [2.75, 3.05) is 13.7 Å². The fraction of sp³-hybridized carbons (Fsp3) is 0.143. The Balaban J connectivity index is 1.41. The predicted molar refractivity (Wildman–Crippen MR) is 125 cm³/mol. The third-order valence-corrected chi connectivity index (χ3v) is 6.29. The Morgan fingerprint density at radius 2 is 1.76 bits per heavy atom. The summed E-state index contributed by atoms with van der Waals surface area (Å²) in [7, 11) is 1.60. The Morgan fingerprint density at radius 3 is 2.59 bits per heavy atom. The van der Waals surface area contributed by atoms with Crippen LogP contribution in [0.2, 0.25) is 0 Å². The number of rotatable bonds is 3. The first kappa shape index (κ1) is 20.3. The van der Waals surface area contributed by atoms with Gasteiger partial charge in [-0.1, -0.05) is 30.3 Å². The van der Waals surface area contributed by atoms with Crippen LogP contribution in [-0.4, -0.2) is 25.5 Å². The maximum Gasteiger partial charge on any atom is 0.312 e. The minimum Gasteiger partial charge on any atom is -0.497 e. The lowest BCUT2D eigenvalue weighted by molar-refractivity contribution is -0.135. The highest BCUT2D eigenvalue weighted by molar-refractivity contribution is 6.15. The van der Waals surface area contributed by atoms with Crippen LogP contribution in [0.4, 0.5) is 0 Å². The van der Waals surface area contributed by atoms with Crippen molar-refractivity contribution in [3.05, 3.63) is 94.2 Å². The third kappa shape index (κ3) is 3.35. The Hall–Kier alpha value is -4.32. The number of benzene rings is 3. The van der Waals surface area contributed by atoms with Crippen LogP contribution in [0.5, 0.6) is 23.0 Å². The van der Waals surface area contributed by atoms with Gasteiger partial charge in [0.25, 0.3) is 0 Å². The van der Waals surface area contributed by atoms with Crippen LogP contribution in [0.1, 0.15) is 39.4 Å². The van der Waals surface area contributed by atoms with E-state index in [1.54, 1.807) is 25.3 Å². The van der Waals surface area contributed by atoms with E-state index in [9.17, 15) is 9.59 Å². The maximum atomic E-state index is 13.2. The number of para-hydroxylation sites is 1. The predicted octanol–water partition coefficient (Wildman–Crippen LogP) is 5.18. The molecule has 0 saturated carbocycles. The average molecular weight is 452 g/mol. The lowest BCUT2D eigenvalue weighted by Crippen LogP contribution is -2.24. The molecule has 168 valence electrons. The summed E-state index contributed by atoms with van der Waals surface area (Å²) in [5.74, 6) is 1.78. The van der Waals surface area contributed by atoms with Gasteiger partial charge in [0.15, 0.2) is 5.76 Å². The summed E-state index contributed by atoms with van der Waals surface area (Å²) in [5.41, 5.74) is 3.87. The lowest BCUT2D eigenvalue weighted by atomic mass is 9.83. The summed E-state index contributed by atoms with van der Waals surface area (Å²) in [6, 6.07) is 18.4. The molecule has 34 heavy (non-hydrogen) atoms. The molecule has 3 aromatic rings. The second-order valence-electron chi connectivity index (χ2n) is 8.34. The second kappa shape index (κ2) is 7.92. The first-order valence-electron chi connectivity index (χ1n) is 11.0. The molecule has 3 aliphatic heterocycles. The highest BCUT2D eigenvalue weighted by Crippen LogP contribution is 2.50. The fourth-order valence-corrected chi connectivity index (χ4v) is 4.61. The molecular weight excluding hydrogens is 432 g/mol. The van der Waals surface area contributed by atoms with Crippen molar-refractivity contribution in [3.8, 4) is 23.0 Å². The normalized spacial score (nSPS) is 19.3. The number of hydrogen-bond donors (Lipinski definition) is 0. The molecule has 0 N–H and O–H groups in total. The minimum atomic E-state index is -0.324. The van der Waals surface area contributed by atoms with Crippen molar-refractivity contribution in [1.29, 1.82) is 0 Å². The standard InChI is InChI=1S/C28H20O6/c1-31-19-8-6-16(7-9-19)12-24-27(30)20-10-11-23-26(28(20)34-24)21(14-25(29)33-23)18-13-17-4-2-3-5-22(17)32-15-18/h2-13,21H,14-15H2,1H3/b24-12-/t21-/m0/s1. The largest absolute Gasteiger partial charge is 0.497 e. The zero-order chi connectivity index (χ0) is 23.2. The van der Waals surface area contributed by atoms with Gasteiger partial charge in [-0.3, -0.25) is 9.59 Å². The molecule has 3 heterocycles. The minimum absolute atomic E-state index is 0.149. The molecule has 3 aliphatic rings. The smallest absolute Gasteiger partial charge is 0.312 e. The SMILES string of the molecule is COc1ccc(/C=C2\Oc3c(ccc4c3[C@H](C3=Cc5ccccc5OC3)CC(=O)O4)C2=O)cc1. The third-order valence-electron chi connectivity index (χ3n) is 6.29. The number of esters is 1. The van der Waals surface area contributed by atoms with Crippen molar-refractivity contribution in [2.45, 2.75) is 12.3 Å². The van der Waals surface area contributed by atoms with Gasteiger partial charge in [0.1, 0.15) is 29.6 Å². The van der Waals surface area contributed by atoms with Gasteiger partial charge < -0.3 is 18.9 Å². The molecule has 1 atom stereocenters. The molecule has 0 unspecified atom stereocenters. The van der Waals surface area contributed by atoms with E-state index in [1.165, 1.54) is 0 Å². The summed E-state index contributed by atoms with van der Waals surface area (Å²) in [4.78, 5) is 25.6. The van der Waals surface area contributed by atoms with E-state index in [-0.39, 0.29) is 29.9 Å². The molecular formula is C28H20O6. The molecule has 0 spiro atoms. The number of ether oxygens (including phenoxy) is 4. The number of Topliss-reactive ketones (excluding diaryl/α,β-unsaturated/α-hetero) is 1. The molecule has 3 aromatic carbocycles. The highest BCUT2D eigenvalue weighted by atomic mass is 16.5. The topological polar surface area (TPSA) is 71.1 Å². The first-order valence-corrected chi connectivity index (χ1v) is 11.0. The maximum absolute atomic E-state index is 13.2. The number of methoxy groups -OCH3 is 1. The molecule has 6 heteroatoms. The van der Waals surface area contributed by atoms with Crippen molar-refractivity contribution in [1.82, 2.24) is 0 Å². The Labute approximate surface area is 196 Å². The highest BCUT2D eigenvalue weighted by Gasteiger charge is 2.39. The number of carbonyl (C=O) groups excluding carboxylic acids is 2. The fourth-order valence-electron chi connectivity index (χ4n) is 4.61. The van der Waals surface area contributed by atoms with Crippen LogP contribution in [0, 0.1) is 0 Å². The second-order valence-corrected chi connectivity index (χ2v) is 8.34. The molecule has 6 nitrogen and oxygen atoms in total. The van der Waals surface area contributed by atoms with Crippen LogP contribution in [0.3, 0.4) is 0 Å². The number of fused-ring (bicyclic) bond motifs is 4. The van der Waals surface area contributed by atoms with E-state index < -0.39 is 0 Å². The van der Waals surface area contributed by atoms with Crippen molar-refractivity contribution >= 4 is 23.9 Å². The van der Waals surface area contributed by atoms with Gasteiger partial charge in [-0.2, -0.15) is 0 Å². The van der Waals surface area contributed by atoms with E-state index in [4.69, 9.17) is 18.9 Å². The molecule has 0 fully saturated rings. The van der Waals surface area contributed by atoms with E-state index in [2.05, 4.69) is 6.08 Å². The van der Waals surface area contributed by atoms with Crippen LogP contribution in [0.25, 0.3) is 12.2 Å². The van der Waals surface area contributed by atoms with E-state index in [0.29, 0.717) is 29.2 Å². The van der Waals surface area contributed by atoms with Crippen LogP contribution in [0.15, 0.2) is 72.0 Å². The zero-order valence-corrected chi connectivity index (χ0v) is 18.4. The zero-order valence-electron chi connectivity index (χ0n) is 18.4. The summed E-state index contributed by atoms with van der Waals surface area (Å²) in [6.45, 7) is 0.348. The van der Waals surface area contributed by atoms with Crippen LogP contribution in [-0.2, 0) is 4.79 Å². The number of hydrogen-bond acceptors (Lipinski definition) is 6. The van der Waals surface area contributed by atoms with Gasteiger partial charge in [-0.25, -0.2) is 0 Å². The van der Waals surface area contributed by atoms with Gasteiger partial charge in [-0.15, -0.1) is 0 Å². The van der Waals surface area contributed by atoms with E-state index >= 15 is 0 Å². The molecule has 0 bridgehead atoms. The molecule has 0 amide bonds. The van der Waals surface area contributed by atoms with E-state index in [1.807, 2.05) is 48.5 Å².